The number of anilines is 1. The maximum Gasteiger partial charge on any atom is 0.355 e. The molecule has 10 heteroatoms. The van der Waals surface area contributed by atoms with Gasteiger partial charge in [0.2, 0.25) is 10.0 Å². The van der Waals surface area contributed by atoms with E-state index in [0.29, 0.717) is 11.1 Å². The predicted molar refractivity (Wildman–Crippen MR) is 65.8 cm³/mol. The van der Waals surface area contributed by atoms with Gasteiger partial charge in [-0.05, 0) is 37.1 Å². The zero-order chi connectivity index (χ0) is 15.0. The monoisotopic (exact) mass is 314 g/mol. The molecule has 6 nitrogen and oxygen atoms in total. The second kappa shape index (κ2) is 5.02. The molecule has 0 fully saturated rings. The van der Waals surface area contributed by atoms with E-state index < -0.39 is 25.8 Å². The predicted octanol–water partition coefficient (Wildman–Crippen LogP) is 0.915. The molecule has 0 amide bonds. The number of primary sulfonamides is 1. The number of halogens is 2. The Kier molecular flexibility index (Phi) is 4.17. The molecule has 0 aliphatic carbocycles. The van der Waals surface area contributed by atoms with Crippen LogP contribution in [-0.4, -0.2) is 22.6 Å². The summed E-state index contributed by atoms with van der Waals surface area (Å²) < 4.78 is 70.8. The minimum Gasteiger partial charge on any atom is -0.278 e. The van der Waals surface area contributed by atoms with Crippen molar-refractivity contribution in [1.82, 2.24) is 0 Å². The molecule has 0 heterocycles. The maximum atomic E-state index is 12.3. The Morgan fingerprint density at radius 2 is 1.68 bits per heavy atom. The lowest BCUT2D eigenvalue weighted by Gasteiger charge is -2.13. The average Bonchev–Trinajstić information content (AvgIpc) is 2.22. The fourth-order valence-electron chi connectivity index (χ4n) is 1.29. The van der Waals surface area contributed by atoms with Crippen molar-refractivity contribution in [1.29, 1.82) is 0 Å². The van der Waals surface area contributed by atoms with Crippen molar-refractivity contribution in [2.45, 2.75) is 24.5 Å². The summed E-state index contributed by atoms with van der Waals surface area (Å²) in [6, 6.07) is 2.13. The Balaban J connectivity index is 3.41. The van der Waals surface area contributed by atoms with Gasteiger partial charge in [0.1, 0.15) is 0 Å². The van der Waals surface area contributed by atoms with Crippen LogP contribution in [0.3, 0.4) is 0 Å². The van der Waals surface area contributed by atoms with Gasteiger partial charge in [-0.2, -0.15) is 8.78 Å². The largest absolute Gasteiger partial charge is 0.355 e. The first kappa shape index (κ1) is 15.8. The van der Waals surface area contributed by atoms with Gasteiger partial charge in [0.15, 0.2) is 0 Å². The van der Waals surface area contributed by atoms with Crippen molar-refractivity contribution < 1.29 is 25.6 Å². The van der Waals surface area contributed by atoms with Gasteiger partial charge >= 0.3 is 5.76 Å². The highest BCUT2D eigenvalue weighted by Crippen LogP contribution is 2.25. The molecule has 0 bridgehead atoms. The normalized spacial score (nSPS) is 12.7. The van der Waals surface area contributed by atoms with Crippen LogP contribution >= 0.6 is 0 Å². The number of sulfonamides is 2. The molecule has 0 aromatic heterocycles. The highest BCUT2D eigenvalue weighted by Gasteiger charge is 2.25. The summed E-state index contributed by atoms with van der Waals surface area (Å²) in [6.07, 6.45) is 0. The Hall–Kier alpha value is -1.26. The molecule has 108 valence electrons. The van der Waals surface area contributed by atoms with Crippen LogP contribution in [-0.2, 0) is 20.0 Å². The van der Waals surface area contributed by atoms with Crippen LogP contribution in [0, 0.1) is 13.8 Å². The van der Waals surface area contributed by atoms with E-state index in [1.165, 1.54) is 19.9 Å². The fraction of sp³-hybridized carbons (Fsp3) is 0.333. The maximum absolute atomic E-state index is 12.3. The Bertz CT molecular complexity index is 699. The van der Waals surface area contributed by atoms with Gasteiger partial charge in [-0.15, -0.1) is 0 Å². The number of nitrogens with two attached hydrogens (primary N) is 1. The zero-order valence-corrected chi connectivity index (χ0v) is 11.6. The second-order valence-electron chi connectivity index (χ2n) is 3.87. The quantitative estimate of drug-likeness (QED) is 0.861. The van der Waals surface area contributed by atoms with Crippen molar-refractivity contribution in [3.05, 3.63) is 23.3 Å². The average molecular weight is 314 g/mol. The van der Waals surface area contributed by atoms with Crippen molar-refractivity contribution >= 4 is 25.7 Å². The van der Waals surface area contributed by atoms with Gasteiger partial charge in [0, 0.05) is 0 Å². The van der Waals surface area contributed by atoms with Gasteiger partial charge in [0.05, 0.1) is 10.6 Å². The topological polar surface area (TPSA) is 106 Å². The zero-order valence-electron chi connectivity index (χ0n) is 10.0. The van der Waals surface area contributed by atoms with Gasteiger partial charge < -0.3 is 0 Å². The number of hydrogen-bond donors (Lipinski definition) is 2. The van der Waals surface area contributed by atoms with Crippen LogP contribution in [0.4, 0.5) is 14.5 Å². The standard InChI is InChI=1S/C9H12F2N2O4S2/c1-5-3-7(18(12,14)15)4-8(6(5)2)13-19(16,17)9(10)11/h3-4,9,13H,1-2H3,(H2,12,14,15). The highest BCUT2D eigenvalue weighted by atomic mass is 32.2. The van der Waals surface area contributed by atoms with Crippen LogP contribution in [0.2, 0.25) is 0 Å². The molecular weight excluding hydrogens is 302 g/mol. The van der Waals surface area contributed by atoms with Crippen LogP contribution in [0.1, 0.15) is 11.1 Å². The molecular formula is C9H12F2N2O4S2. The summed E-state index contributed by atoms with van der Waals surface area (Å²) in [7, 11) is -8.93. The van der Waals surface area contributed by atoms with Gasteiger partial charge in [-0.3, -0.25) is 4.72 Å². The highest BCUT2D eigenvalue weighted by molar-refractivity contribution is 7.93. The van der Waals surface area contributed by atoms with E-state index >= 15 is 0 Å². The Morgan fingerprint density at radius 1 is 1.16 bits per heavy atom. The molecule has 19 heavy (non-hydrogen) atoms. The second-order valence-corrected chi connectivity index (χ2v) is 7.08. The van der Waals surface area contributed by atoms with E-state index in [2.05, 4.69) is 0 Å². The minimum absolute atomic E-state index is 0.246. The first-order valence-electron chi connectivity index (χ1n) is 4.89. The molecule has 0 aliphatic rings. The van der Waals surface area contributed by atoms with E-state index in [1.54, 1.807) is 4.72 Å². The summed E-state index contributed by atoms with van der Waals surface area (Å²) >= 11 is 0. The van der Waals surface area contributed by atoms with E-state index in [1.807, 2.05) is 0 Å². The SMILES string of the molecule is Cc1cc(S(N)(=O)=O)cc(NS(=O)(=O)C(F)F)c1C. The fourth-order valence-corrected chi connectivity index (χ4v) is 2.53. The van der Waals surface area contributed by atoms with E-state index in [4.69, 9.17) is 5.14 Å². The summed E-state index contributed by atoms with van der Waals surface area (Å²) in [4.78, 5) is -0.359. The molecule has 0 spiro atoms. The number of alkyl halides is 2. The van der Waals surface area contributed by atoms with Gasteiger partial charge in [-0.25, -0.2) is 22.0 Å². The van der Waals surface area contributed by atoms with Crippen LogP contribution in [0.15, 0.2) is 17.0 Å². The molecule has 0 atom stereocenters. The van der Waals surface area contributed by atoms with Crippen molar-refractivity contribution in [3.63, 3.8) is 0 Å². The van der Waals surface area contributed by atoms with E-state index in [9.17, 15) is 25.6 Å². The van der Waals surface area contributed by atoms with Gasteiger partial charge in [0.25, 0.3) is 10.0 Å². The first-order valence-corrected chi connectivity index (χ1v) is 7.98. The third kappa shape index (κ3) is 3.61. The summed E-state index contributed by atoms with van der Waals surface area (Å²) in [5.74, 6) is -3.62. The van der Waals surface area contributed by atoms with Crippen molar-refractivity contribution in [3.8, 4) is 0 Å². The molecule has 0 unspecified atom stereocenters. The molecule has 1 aromatic rings. The van der Waals surface area contributed by atoms with Crippen LogP contribution in [0.25, 0.3) is 0 Å². The molecule has 3 N–H and O–H groups in total. The smallest absolute Gasteiger partial charge is 0.278 e. The van der Waals surface area contributed by atoms with Crippen molar-refractivity contribution in [2.24, 2.45) is 5.14 Å². The number of benzene rings is 1. The molecule has 0 saturated heterocycles. The molecule has 1 aromatic carbocycles. The van der Waals surface area contributed by atoms with E-state index in [-0.39, 0.29) is 10.6 Å². The molecule has 0 radical (unpaired) electrons. The van der Waals surface area contributed by atoms with Gasteiger partial charge in [-0.1, -0.05) is 0 Å². The minimum atomic E-state index is -4.87. The summed E-state index contributed by atoms with van der Waals surface area (Å²) in [6.45, 7) is 2.97. The van der Waals surface area contributed by atoms with Crippen LogP contribution in [0.5, 0.6) is 0 Å². The molecule has 1 rings (SSSR count). The lowest BCUT2D eigenvalue weighted by Crippen LogP contribution is -2.22. The molecule has 0 aliphatic heterocycles. The third-order valence-corrected chi connectivity index (χ3v) is 4.32. The number of nitrogens with one attached hydrogen (secondary N) is 1. The number of hydrogen-bond acceptors (Lipinski definition) is 4. The lowest BCUT2D eigenvalue weighted by molar-refractivity contribution is 0.236. The Labute approximate surface area is 109 Å². The summed E-state index contributed by atoms with van der Waals surface area (Å²) in [5.41, 5.74) is 0.486. The third-order valence-electron chi connectivity index (χ3n) is 2.46. The summed E-state index contributed by atoms with van der Waals surface area (Å²) in [5, 5.41) is 4.92. The van der Waals surface area contributed by atoms with E-state index in [0.717, 1.165) is 6.07 Å². The van der Waals surface area contributed by atoms with Crippen LogP contribution < -0.4 is 9.86 Å². The number of rotatable bonds is 4. The lowest BCUT2D eigenvalue weighted by atomic mass is 10.1. The first-order chi connectivity index (χ1) is 8.45. The number of aryl methyl sites for hydroxylation is 1. The van der Waals surface area contributed by atoms with Crippen molar-refractivity contribution in [2.75, 3.05) is 4.72 Å². The Morgan fingerprint density at radius 3 is 2.11 bits per heavy atom. The molecule has 0 saturated carbocycles.